The summed E-state index contributed by atoms with van der Waals surface area (Å²) in [5, 5.41) is 4.72. The molecule has 0 saturated carbocycles. The molecule has 1 aliphatic heterocycles. The Hall–Kier alpha value is -3.27. The third kappa shape index (κ3) is 3.46. The highest BCUT2D eigenvalue weighted by Gasteiger charge is 2.24. The third-order valence-electron chi connectivity index (χ3n) is 5.11. The summed E-state index contributed by atoms with van der Waals surface area (Å²) in [6.45, 7) is 1.45. The van der Waals surface area contributed by atoms with E-state index in [1.165, 1.54) is 35.0 Å². The van der Waals surface area contributed by atoms with Crippen LogP contribution in [0.4, 0.5) is 24.9 Å². The largest absolute Gasteiger partial charge is 0.383 e. The highest BCUT2D eigenvalue weighted by molar-refractivity contribution is 7.99. The molecular formula is C21H17F3N6S. The standard InChI is InChI=1S/C21H17F3N6S/c22-12-3-1-4-13(11-12)30-19(25)16-18(14-5-2-6-15(23)17(14)24)26-21(27-20(16)28-30)29-7-9-31-10-8-29/h1-6,11H,7-10,25H2. The molecule has 0 atom stereocenters. The van der Waals surface area contributed by atoms with Crippen molar-refractivity contribution in [2.24, 2.45) is 0 Å². The quantitative estimate of drug-likeness (QED) is 0.516. The van der Waals surface area contributed by atoms with Gasteiger partial charge in [-0.05, 0) is 30.3 Å². The van der Waals surface area contributed by atoms with Gasteiger partial charge in [0.15, 0.2) is 17.3 Å². The molecule has 1 fully saturated rings. The molecule has 31 heavy (non-hydrogen) atoms. The summed E-state index contributed by atoms with van der Waals surface area (Å²) in [5.74, 6) is -0.173. The zero-order valence-electron chi connectivity index (χ0n) is 16.2. The Balaban J connectivity index is 1.78. The van der Waals surface area contributed by atoms with Crippen molar-refractivity contribution < 1.29 is 13.2 Å². The zero-order chi connectivity index (χ0) is 21.5. The van der Waals surface area contributed by atoms with E-state index >= 15 is 0 Å². The minimum Gasteiger partial charge on any atom is -0.383 e. The highest BCUT2D eigenvalue weighted by Crippen LogP contribution is 2.35. The molecule has 0 aliphatic carbocycles. The number of nitrogen functional groups attached to an aromatic ring is 1. The first-order valence-corrected chi connectivity index (χ1v) is 10.8. The molecule has 0 radical (unpaired) electrons. The molecule has 158 valence electrons. The maximum Gasteiger partial charge on any atom is 0.228 e. The van der Waals surface area contributed by atoms with E-state index in [0.29, 0.717) is 11.6 Å². The van der Waals surface area contributed by atoms with Crippen LogP contribution in [0, 0.1) is 17.5 Å². The van der Waals surface area contributed by atoms with Crippen LogP contribution in [0.15, 0.2) is 42.5 Å². The van der Waals surface area contributed by atoms with Gasteiger partial charge in [0.05, 0.1) is 16.8 Å². The molecule has 0 unspecified atom stereocenters. The average Bonchev–Trinajstić information content (AvgIpc) is 3.12. The fraction of sp³-hybridized carbons (Fsp3) is 0.190. The topological polar surface area (TPSA) is 72.9 Å². The summed E-state index contributed by atoms with van der Waals surface area (Å²) < 4.78 is 43.9. The van der Waals surface area contributed by atoms with Crippen molar-refractivity contribution in [2.45, 2.75) is 0 Å². The number of thioether (sulfide) groups is 1. The van der Waals surface area contributed by atoms with Gasteiger partial charge >= 0.3 is 0 Å². The number of nitrogens with two attached hydrogens (primary N) is 1. The number of hydrogen-bond acceptors (Lipinski definition) is 6. The van der Waals surface area contributed by atoms with E-state index in [0.717, 1.165) is 30.7 Å². The molecule has 0 spiro atoms. The van der Waals surface area contributed by atoms with E-state index in [1.54, 1.807) is 6.07 Å². The minimum atomic E-state index is -1.03. The maximum absolute atomic E-state index is 14.7. The number of halogens is 3. The molecule has 0 amide bonds. The van der Waals surface area contributed by atoms with Crippen LogP contribution >= 0.6 is 11.8 Å². The lowest BCUT2D eigenvalue weighted by Crippen LogP contribution is -2.33. The van der Waals surface area contributed by atoms with E-state index in [-0.39, 0.29) is 28.1 Å². The molecule has 10 heteroatoms. The van der Waals surface area contributed by atoms with E-state index in [2.05, 4.69) is 15.1 Å². The Morgan fingerprint density at radius 3 is 2.52 bits per heavy atom. The van der Waals surface area contributed by atoms with E-state index in [9.17, 15) is 13.2 Å². The Bertz CT molecular complexity index is 1290. The van der Waals surface area contributed by atoms with Gasteiger partial charge < -0.3 is 10.6 Å². The summed E-state index contributed by atoms with van der Waals surface area (Å²) in [6.07, 6.45) is 0. The Labute approximate surface area is 179 Å². The van der Waals surface area contributed by atoms with Crippen LogP contribution in [0.25, 0.3) is 28.0 Å². The molecule has 4 aromatic rings. The number of rotatable bonds is 3. The predicted octanol–water partition coefficient (Wildman–Crippen LogP) is 4.04. The van der Waals surface area contributed by atoms with Gasteiger partial charge in [-0.2, -0.15) is 16.7 Å². The Morgan fingerprint density at radius 1 is 0.968 bits per heavy atom. The van der Waals surface area contributed by atoms with Crippen LogP contribution in [0.1, 0.15) is 0 Å². The van der Waals surface area contributed by atoms with Gasteiger partial charge in [-0.15, -0.1) is 5.10 Å². The monoisotopic (exact) mass is 442 g/mol. The van der Waals surface area contributed by atoms with Crippen LogP contribution in [-0.4, -0.2) is 44.3 Å². The number of aromatic nitrogens is 4. The molecule has 2 aromatic heterocycles. The van der Waals surface area contributed by atoms with Crippen molar-refractivity contribution in [1.29, 1.82) is 0 Å². The first-order valence-electron chi connectivity index (χ1n) is 9.62. The van der Waals surface area contributed by atoms with Crippen LogP contribution < -0.4 is 10.6 Å². The molecule has 1 saturated heterocycles. The predicted molar refractivity (Wildman–Crippen MR) is 116 cm³/mol. The molecule has 2 aromatic carbocycles. The van der Waals surface area contributed by atoms with E-state index in [1.807, 2.05) is 16.7 Å². The SMILES string of the molecule is Nc1c2c(-c3cccc(F)c3F)nc(N3CCSCC3)nc2nn1-c1cccc(F)c1. The number of hydrogen-bond donors (Lipinski definition) is 1. The van der Waals surface area contributed by atoms with Gasteiger partial charge in [0.1, 0.15) is 11.6 Å². The first-order chi connectivity index (χ1) is 15.0. The van der Waals surface area contributed by atoms with Crippen molar-refractivity contribution in [3.63, 3.8) is 0 Å². The van der Waals surface area contributed by atoms with Crippen molar-refractivity contribution in [3.05, 3.63) is 59.9 Å². The lowest BCUT2D eigenvalue weighted by Gasteiger charge is -2.26. The lowest BCUT2D eigenvalue weighted by molar-refractivity contribution is 0.511. The summed E-state index contributed by atoms with van der Waals surface area (Å²) in [4.78, 5) is 11.1. The number of benzene rings is 2. The third-order valence-corrected chi connectivity index (χ3v) is 6.05. The molecular weight excluding hydrogens is 425 g/mol. The normalized spacial score (nSPS) is 14.4. The smallest absolute Gasteiger partial charge is 0.228 e. The first kappa shape index (κ1) is 19.7. The van der Waals surface area contributed by atoms with Crippen LogP contribution in [0.3, 0.4) is 0 Å². The van der Waals surface area contributed by atoms with Crippen LogP contribution in [-0.2, 0) is 0 Å². The number of nitrogens with zero attached hydrogens (tertiary/aromatic N) is 5. The number of anilines is 2. The highest BCUT2D eigenvalue weighted by atomic mass is 32.2. The minimum absolute atomic E-state index is 0.0365. The summed E-state index contributed by atoms with van der Waals surface area (Å²) in [5.41, 5.74) is 7.06. The summed E-state index contributed by atoms with van der Waals surface area (Å²) in [7, 11) is 0. The Kier molecular flexibility index (Phi) is 4.93. The van der Waals surface area contributed by atoms with Crippen molar-refractivity contribution >= 4 is 34.6 Å². The molecule has 6 nitrogen and oxygen atoms in total. The fourth-order valence-corrected chi connectivity index (χ4v) is 4.49. The van der Waals surface area contributed by atoms with Gasteiger partial charge in [-0.3, -0.25) is 0 Å². The fourth-order valence-electron chi connectivity index (χ4n) is 3.59. The second kappa shape index (κ2) is 7.77. The van der Waals surface area contributed by atoms with E-state index in [4.69, 9.17) is 5.73 Å². The molecule has 0 bridgehead atoms. The average molecular weight is 442 g/mol. The van der Waals surface area contributed by atoms with Gasteiger partial charge in [-0.25, -0.2) is 22.8 Å². The van der Waals surface area contributed by atoms with Crippen molar-refractivity contribution in [2.75, 3.05) is 35.2 Å². The molecule has 2 N–H and O–H groups in total. The van der Waals surface area contributed by atoms with Crippen molar-refractivity contribution in [1.82, 2.24) is 19.7 Å². The zero-order valence-corrected chi connectivity index (χ0v) is 17.0. The Morgan fingerprint density at radius 2 is 1.74 bits per heavy atom. The van der Waals surface area contributed by atoms with Gasteiger partial charge in [-0.1, -0.05) is 12.1 Å². The molecule has 5 rings (SSSR count). The van der Waals surface area contributed by atoms with Crippen LogP contribution in [0.5, 0.6) is 0 Å². The van der Waals surface area contributed by atoms with Crippen LogP contribution in [0.2, 0.25) is 0 Å². The summed E-state index contributed by atoms with van der Waals surface area (Å²) in [6, 6.07) is 9.65. The number of fused-ring (bicyclic) bond motifs is 1. The second-order valence-corrected chi connectivity index (χ2v) is 8.27. The maximum atomic E-state index is 14.7. The lowest BCUT2D eigenvalue weighted by atomic mass is 10.1. The van der Waals surface area contributed by atoms with Gasteiger partial charge in [0, 0.05) is 30.2 Å². The van der Waals surface area contributed by atoms with E-state index < -0.39 is 17.5 Å². The van der Waals surface area contributed by atoms with Gasteiger partial charge in [0.25, 0.3) is 0 Å². The van der Waals surface area contributed by atoms with Gasteiger partial charge in [0.2, 0.25) is 5.95 Å². The molecule has 3 heterocycles. The molecule has 1 aliphatic rings. The summed E-state index contributed by atoms with van der Waals surface area (Å²) >= 11 is 1.83. The second-order valence-electron chi connectivity index (χ2n) is 7.05. The van der Waals surface area contributed by atoms with Crippen molar-refractivity contribution in [3.8, 4) is 16.9 Å².